The first-order chi connectivity index (χ1) is 13.2. The molecule has 1 amide bonds. The van der Waals surface area contributed by atoms with Gasteiger partial charge in [0.1, 0.15) is 5.82 Å². The first kappa shape index (κ1) is 18.8. The number of likely N-dealkylation sites (tertiary alicyclic amines) is 1. The van der Waals surface area contributed by atoms with Crippen LogP contribution in [0.3, 0.4) is 0 Å². The molecule has 148 valence electrons. The molecule has 1 saturated heterocycles. The van der Waals surface area contributed by atoms with Crippen LogP contribution in [0.4, 0.5) is 0 Å². The molecule has 6 heteroatoms. The summed E-state index contributed by atoms with van der Waals surface area (Å²) in [5, 5.41) is 0. The second kappa shape index (κ2) is 8.23. The lowest BCUT2D eigenvalue weighted by Gasteiger charge is -2.35. The fraction of sp³-hybridized carbons (Fsp3) is 0.762. The summed E-state index contributed by atoms with van der Waals surface area (Å²) in [4.78, 5) is 26.9. The molecule has 0 aromatic carbocycles. The number of hydrogen-bond donors (Lipinski definition) is 0. The quantitative estimate of drug-likeness (QED) is 0.816. The largest absolute Gasteiger partial charge is 0.381 e. The SMILES string of the molecule is COC1CCC(C(=O)N2CCc3nc(C4CCCCN4C)ncc3C2)CC1. The summed E-state index contributed by atoms with van der Waals surface area (Å²) >= 11 is 0. The zero-order valence-corrected chi connectivity index (χ0v) is 16.7. The van der Waals surface area contributed by atoms with Gasteiger partial charge >= 0.3 is 0 Å². The van der Waals surface area contributed by atoms with Gasteiger partial charge in [-0.2, -0.15) is 0 Å². The molecule has 4 rings (SSSR count). The van der Waals surface area contributed by atoms with E-state index in [1.54, 1.807) is 7.11 Å². The Morgan fingerprint density at radius 1 is 1.15 bits per heavy atom. The molecule has 0 bridgehead atoms. The van der Waals surface area contributed by atoms with Crippen molar-refractivity contribution >= 4 is 5.91 Å². The highest BCUT2D eigenvalue weighted by Crippen LogP contribution is 2.31. The number of carbonyl (C=O) groups is 1. The van der Waals surface area contributed by atoms with Crippen LogP contribution in [-0.4, -0.2) is 59.0 Å². The van der Waals surface area contributed by atoms with Crippen molar-refractivity contribution < 1.29 is 9.53 Å². The topological polar surface area (TPSA) is 58.6 Å². The number of nitrogens with zero attached hydrogens (tertiary/aromatic N) is 4. The number of hydrogen-bond acceptors (Lipinski definition) is 5. The summed E-state index contributed by atoms with van der Waals surface area (Å²) in [7, 11) is 3.94. The highest BCUT2D eigenvalue weighted by atomic mass is 16.5. The lowest BCUT2D eigenvalue weighted by molar-refractivity contribution is -0.138. The minimum absolute atomic E-state index is 0.161. The van der Waals surface area contributed by atoms with E-state index in [0.717, 1.165) is 68.7 Å². The maximum absolute atomic E-state index is 13.0. The Labute approximate surface area is 162 Å². The Hall–Kier alpha value is -1.53. The van der Waals surface area contributed by atoms with Crippen molar-refractivity contribution in [1.29, 1.82) is 0 Å². The zero-order valence-electron chi connectivity index (χ0n) is 16.7. The van der Waals surface area contributed by atoms with Crippen LogP contribution in [0.25, 0.3) is 0 Å². The third-order valence-corrected chi connectivity index (χ3v) is 6.69. The van der Waals surface area contributed by atoms with Crippen molar-refractivity contribution in [2.45, 2.75) is 70.1 Å². The van der Waals surface area contributed by atoms with Gasteiger partial charge < -0.3 is 9.64 Å². The third kappa shape index (κ3) is 4.02. The van der Waals surface area contributed by atoms with Crippen LogP contribution in [0.1, 0.15) is 68.1 Å². The highest BCUT2D eigenvalue weighted by Gasteiger charge is 2.32. The first-order valence-corrected chi connectivity index (χ1v) is 10.5. The van der Waals surface area contributed by atoms with Crippen LogP contribution in [0, 0.1) is 5.92 Å². The van der Waals surface area contributed by atoms with Crippen LogP contribution in [-0.2, 0) is 22.5 Å². The van der Waals surface area contributed by atoms with Gasteiger partial charge in [-0.05, 0) is 52.1 Å². The number of ether oxygens (including phenoxy) is 1. The predicted molar refractivity (Wildman–Crippen MR) is 103 cm³/mol. The van der Waals surface area contributed by atoms with E-state index in [2.05, 4.69) is 16.9 Å². The second-order valence-corrected chi connectivity index (χ2v) is 8.41. The van der Waals surface area contributed by atoms with Gasteiger partial charge in [0.15, 0.2) is 0 Å². The van der Waals surface area contributed by atoms with Crippen molar-refractivity contribution in [3.8, 4) is 0 Å². The van der Waals surface area contributed by atoms with Crippen LogP contribution in [0.5, 0.6) is 0 Å². The molecule has 1 saturated carbocycles. The number of rotatable bonds is 3. The van der Waals surface area contributed by atoms with E-state index in [1.165, 1.54) is 12.8 Å². The van der Waals surface area contributed by atoms with Gasteiger partial charge in [0.25, 0.3) is 0 Å². The predicted octanol–water partition coefficient (Wildman–Crippen LogP) is 2.72. The Kier molecular flexibility index (Phi) is 5.74. The Morgan fingerprint density at radius 3 is 2.70 bits per heavy atom. The molecule has 0 N–H and O–H groups in total. The molecule has 1 atom stereocenters. The van der Waals surface area contributed by atoms with Crippen molar-refractivity contribution in [3.63, 3.8) is 0 Å². The lowest BCUT2D eigenvalue weighted by atomic mass is 9.86. The van der Waals surface area contributed by atoms with Gasteiger partial charge in [-0.3, -0.25) is 9.69 Å². The summed E-state index contributed by atoms with van der Waals surface area (Å²) < 4.78 is 5.43. The van der Waals surface area contributed by atoms with Gasteiger partial charge in [-0.25, -0.2) is 9.97 Å². The molecular weight excluding hydrogens is 340 g/mol. The maximum atomic E-state index is 13.0. The fourth-order valence-electron chi connectivity index (χ4n) is 4.89. The molecule has 1 aliphatic carbocycles. The number of carbonyl (C=O) groups excluding carboxylic acids is 1. The van der Waals surface area contributed by atoms with Crippen molar-refractivity contribution in [2.75, 3.05) is 27.2 Å². The molecule has 2 fully saturated rings. The summed E-state index contributed by atoms with van der Waals surface area (Å²) in [6.07, 6.45) is 10.7. The molecule has 0 spiro atoms. The minimum atomic E-state index is 0.161. The zero-order chi connectivity index (χ0) is 18.8. The summed E-state index contributed by atoms with van der Waals surface area (Å²) in [6, 6.07) is 0.347. The fourth-order valence-corrected chi connectivity index (χ4v) is 4.89. The van der Waals surface area contributed by atoms with Crippen molar-refractivity contribution in [3.05, 3.63) is 23.3 Å². The number of methoxy groups -OCH3 is 1. The van der Waals surface area contributed by atoms with Gasteiger partial charge in [-0.1, -0.05) is 6.42 Å². The summed E-state index contributed by atoms with van der Waals surface area (Å²) in [6.45, 7) is 2.57. The van der Waals surface area contributed by atoms with Crippen LogP contribution in [0.15, 0.2) is 6.20 Å². The van der Waals surface area contributed by atoms with Crippen LogP contribution in [0.2, 0.25) is 0 Å². The van der Waals surface area contributed by atoms with Gasteiger partial charge in [0.05, 0.1) is 17.8 Å². The van der Waals surface area contributed by atoms with E-state index in [1.807, 2.05) is 11.1 Å². The smallest absolute Gasteiger partial charge is 0.225 e. The average molecular weight is 373 g/mol. The normalized spacial score (nSPS) is 29.4. The minimum Gasteiger partial charge on any atom is -0.381 e. The van der Waals surface area contributed by atoms with Crippen molar-refractivity contribution in [1.82, 2.24) is 19.8 Å². The number of fused-ring (bicyclic) bond motifs is 1. The van der Waals surface area contributed by atoms with Gasteiger partial charge in [-0.15, -0.1) is 0 Å². The van der Waals surface area contributed by atoms with Gasteiger partial charge in [0, 0.05) is 44.3 Å². The van der Waals surface area contributed by atoms with E-state index in [9.17, 15) is 4.79 Å². The molecule has 1 unspecified atom stereocenters. The standard InChI is InChI=1S/C21H32N4O2/c1-24-11-4-3-5-19(24)20-22-13-16-14-25(12-10-18(16)23-20)21(26)15-6-8-17(27-2)9-7-15/h13,15,17,19H,3-12,14H2,1-2H3. The number of aromatic nitrogens is 2. The highest BCUT2D eigenvalue weighted by molar-refractivity contribution is 5.79. The Bertz CT molecular complexity index is 672. The molecule has 1 aromatic heterocycles. The number of amides is 1. The van der Waals surface area contributed by atoms with Crippen LogP contribution < -0.4 is 0 Å². The molecule has 6 nitrogen and oxygen atoms in total. The molecular formula is C21H32N4O2. The number of piperidine rings is 1. The third-order valence-electron chi connectivity index (χ3n) is 6.69. The summed E-state index contributed by atoms with van der Waals surface area (Å²) in [5.74, 6) is 1.44. The van der Waals surface area contributed by atoms with Crippen molar-refractivity contribution in [2.24, 2.45) is 5.92 Å². The van der Waals surface area contributed by atoms with E-state index < -0.39 is 0 Å². The molecule has 3 heterocycles. The van der Waals surface area contributed by atoms with Gasteiger partial charge in [0.2, 0.25) is 5.91 Å². The van der Waals surface area contributed by atoms with E-state index >= 15 is 0 Å². The van der Waals surface area contributed by atoms with E-state index in [4.69, 9.17) is 9.72 Å². The second-order valence-electron chi connectivity index (χ2n) is 8.41. The maximum Gasteiger partial charge on any atom is 0.225 e. The van der Waals surface area contributed by atoms with E-state index in [-0.39, 0.29) is 5.92 Å². The molecule has 0 radical (unpaired) electrons. The first-order valence-electron chi connectivity index (χ1n) is 10.5. The monoisotopic (exact) mass is 372 g/mol. The molecule has 3 aliphatic rings. The lowest BCUT2D eigenvalue weighted by Crippen LogP contribution is -2.42. The van der Waals surface area contributed by atoms with Crippen LogP contribution >= 0.6 is 0 Å². The molecule has 2 aliphatic heterocycles. The molecule has 27 heavy (non-hydrogen) atoms. The summed E-state index contributed by atoms with van der Waals surface area (Å²) in [5.41, 5.74) is 2.27. The van der Waals surface area contributed by atoms with E-state index in [0.29, 0.717) is 24.6 Å². The average Bonchev–Trinajstić information content (AvgIpc) is 2.73. The molecule has 1 aromatic rings. The Balaban J connectivity index is 1.41. The Morgan fingerprint density at radius 2 is 1.96 bits per heavy atom.